The van der Waals surface area contributed by atoms with E-state index in [2.05, 4.69) is 20.9 Å². The fraction of sp³-hybridized carbons (Fsp3) is 0.632. The van der Waals surface area contributed by atoms with Gasteiger partial charge in [0.05, 0.1) is 24.2 Å². The largest absolute Gasteiger partial charge is 0.295 e. The first kappa shape index (κ1) is 16.7. The molecule has 6 nitrogen and oxygen atoms in total. The van der Waals surface area contributed by atoms with E-state index in [1.165, 1.54) is 4.90 Å². The summed E-state index contributed by atoms with van der Waals surface area (Å²) in [4.78, 5) is 35.7. The van der Waals surface area contributed by atoms with Crippen LogP contribution in [0.2, 0.25) is 0 Å². The molecule has 0 unspecified atom stereocenters. The second-order valence-electron chi connectivity index (χ2n) is 7.46. The number of aromatic nitrogens is 1. The van der Waals surface area contributed by atoms with Gasteiger partial charge < -0.3 is 0 Å². The summed E-state index contributed by atoms with van der Waals surface area (Å²) in [5, 5.41) is 0. The maximum absolute atomic E-state index is 12.6. The summed E-state index contributed by atoms with van der Waals surface area (Å²) >= 11 is 0. The lowest BCUT2D eigenvalue weighted by atomic mass is 9.81. The molecule has 25 heavy (non-hydrogen) atoms. The molecule has 134 valence electrons. The molecule has 2 atom stereocenters. The normalized spacial score (nSPS) is 28.4. The molecular formula is C19H26N4O2. The Morgan fingerprint density at radius 1 is 0.920 bits per heavy atom. The number of fused-ring (bicyclic) bond motifs is 1. The van der Waals surface area contributed by atoms with Gasteiger partial charge in [-0.25, -0.2) is 0 Å². The third-order valence-electron chi connectivity index (χ3n) is 5.85. The molecule has 3 aliphatic rings. The Morgan fingerprint density at radius 2 is 1.56 bits per heavy atom. The number of hydrogen-bond acceptors (Lipinski definition) is 5. The first-order valence-corrected chi connectivity index (χ1v) is 9.42. The zero-order valence-electron chi connectivity index (χ0n) is 14.6. The number of hydrogen-bond donors (Lipinski definition) is 0. The van der Waals surface area contributed by atoms with Crippen molar-refractivity contribution < 1.29 is 9.59 Å². The SMILES string of the molecule is O=C1[C@@H]2CCCC[C@H]2C(=O)N1CN1CCN(Cc2ccccn2)CC1. The third kappa shape index (κ3) is 3.46. The van der Waals surface area contributed by atoms with E-state index in [4.69, 9.17) is 0 Å². The Morgan fingerprint density at radius 3 is 2.16 bits per heavy atom. The van der Waals surface area contributed by atoms with Gasteiger partial charge in [-0.05, 0) is 25.0 Å². The molecule has 4 rings (SSSR count). The van der Waals surface area contributed by atoms with E-state index in [1.807, 2.05) is 18.3 Å². The minimum atomic E-state index is -0.0355. The highest BCUT2D eigenvalue weighted by Gasteiger charge is 2.48. The lowest BCUT2D eigenvalue weighted by Crippen LogP contribution is -2.51. The summed E-state index contributed by atoms with van der Waals surface area (Å²) in [6, 6.07) is 6.00. The first-order chi connectivity index (χ1) is 12.2. The van der Waals surface area contributed by atoms with Crippen molar-refractivity contribution in [2.75, 3.05) is 32.8 Å². The fourth-order valence-corrected chi connectivity index (χ4v) is 4.38. The predicted molar refractivity (Wildman–Crippen MR) is 93.3 cm³/mol. The summed E-state index contributed by atoms with van der Waals surface area (Å²) in [6.07, 6.45) is 5.78. The molecule has 0 spiro atoms. The number of carbonyl (C=O) groups excluding carboxylic acids is 2. The third-order valence-corrected chi connectivity index (χ3v) is 5.85. The molecule has 2 saturated heterocycles. The summed E-state index contributed by atoms with van der Waals surface area (Å²) in [5.74, 6) is 0.0784. The fourth-order valence-electron chi connectivity index (χ4n) is 4.38. The van der Waals surface area contributed by atoms with Crippen molar-refractivity contribution in [3.63, 3.8) is 0 Å². The van der Waals surface area contributed by atoms with E-state index in [9.17, 15) is 9.59 Å². The second kappa shape index (κ2) is 7.22. The van der Waals surface area contributed by atoms with Crippen molar-refractivity contribution in [1.82, 2.24) is 19.7 Å². The lowest BCUT2D eigenvalue weighted by molar-refractivity contribution is -0.142. The first-order valence-electron chi connectivity index (χ1n) is 9.42. The summed E-state index contributed by atoms with van der Waals surface area (Å²) in [5.41, 5.74) is 1.09. The Bertz CT molecular complexity index is 604. The second-order valence-corrected chi connectivity index (χ2v) is 7.46. The molecule has 1 saturated carbocycles. The van der Waals surface area contributed by atoms with E-state index in [-0.39, 0.29) is 23.7 Å². The van der Waals surface area contributed by atoms with Gasteiger partial charge in [0, 0.05) is 38.9 Å². The van der Waals surface area contributed by atoms with Gasteiger partial charge in [-0.2, -0.15) is 0 Å². The van der Waals surface area contributed by atoms with E-state index >= 15 is 0 Å². The average molecular weight is 342 g/mol. The van der Waals surface area contributed by atoms with E-state index in [1.54, 1.807) is 0 Å². The van der Waals surface area contributed by atoms with E-state index in [0.29, 0.717) is 6.67 Å². The van der Waals surface area contributed by atoms with Gasteiger partial charge in [0.25, 0.3) is 0 Å². The minimum absolute atomic E-state index is 0.0355. The van der Waals surface area contributed by atoms with Crippen LogP contribution in [0.4, 0.5) is 0 Å². The highest BCUT2D eigenvalue weighted by molar-refractivity contribution is 6.05. The van der Waals surface area contributed by atoms with Crippen molar-refractivity contribution in [2.45, 2.75) is 32.2 Å². The molecule has 0 bridgehead atoms. The van der Waals surface area contributed by atoms with Crippen LogP contribution in [0.1, 0.15) is 31.4 Å². The molecule has 1 aliphatic carbocycles. The smallest absolute Gasteiger partial charge is 0.234 e. The topological polar surface area (TPSA) is 56.8 Å². The number of pyridine rings is 1. The van der Waals surface area contributed by atoms with Crippen molar-refractivity contribution in [3.8, 4) is 0 Å². The van der Waals surface area contributed by atoms with Crippen LogP contribution in [-0.2, 0) is 16.1 Å². The van der Waals surface area contributed by atoms with Gasteiger partial charge >= 0.3 is 0 Å². The van der Waals surface area contributed by atoms with Crippen molar-refractivity contribution in [2.24, 2.45) is 11.8 Å². The molecule has 1 aromatic rings. The van der Waals surface area contributed by atoms with Crippen LogP contribution >= 0.6 is 0 Å². The minimum Gasteiger partial charge on any atom is -0.295 e. The highest BCUT2D eigenvalue weighted by atomic mass is 16.2. The van der Waals surface area contributed by atoms with Gasteiger partial charge in [0.1, 0.15) is 0 Å². The Kier molecular flexibility index (Phi) is 4.81. The molecule has 3 fully saturated rings. The van der Waals surface area contributed by atoms with Crippen LogP contribution in [0.5, 0.6) is 0 Å². The lowest BCUT2D eigenvalue weighted by Gasteiger charge is -2.36. The maximum atomic E-state index is 12.6. The maximum Gasteiger partial charge on any atom is 0.234 e. The highest BCUT2D eigenvalue weighted by Crippen LogP contribution is 2.38. The molecule has 3 heterocycles. The Labute approximate surface area is 148 Å². The number of likely N-dealkylation sites (tertiary alicyclic amines) is 1. The number of carbonyl (C=O) groups is 2. The molecule has 1 aromatic heterocycles. The number of imide groups is 1. The standard InChI is InChI=1S/C19H26N4O2/c24-18-16-6-1-2-7-17(16)19(25)23(18)14-22-11-9-21(10-12-22)13-15-5-3-4-8-20-15/h3-5,8,16-17H,1-2,6-7,9-14H2/t16-,17-/m1/s1. The van der Waals surface area contributed by atoms with Crippen LogP contribution < -0.4 is 0 Å². The monoisotopic (exact) mass is 342 g/mol. The number of amides is 2. The Hall–Kier alpha value is -1.79. The summed E-state index contributed by atoms with van der Waals surface area (Å²) in [6.45, 7) is 5.00. The molecule has 0 aromatic carbocycles. The van der Waals surface area contributed by atoms with Crippen LogP contribution in [0.3, 0.4) is 0 Å². The zero-order chi connectivity index (χ0) is 17.2. The van der Waals surface area contributed by atoms with Gasteiger partial charge in [-0.1, -0.05) is 18.9 Å². The molecule has 0 radical (unpaired) electrons. The van der Waals surface area contributed by atoms with Crippen LogP contribution in [0.15, 0.2) is 24.4 Å². The quantitative estimate of drug-likeness (QED) is 0.773. The van der Waals surface area contributed by atoms with Gasteiger partial charge in [0.2, 0.25) is 11.8 Å². The number of piperazine rings is 1. The van der Waals surface area contributed by atoms with Crippen LogP contribution in [-0.4, -0.2) is 64.3 Å². The number of rotatable bonds is 4. The van der Waals surface area contributed by atoms with Crippen molar-refractivity contribution in [1.29, 1.82) is 0 Å². The van der Waals surface area contributed by atoms with Gasteiger partial charge in [0.15, 0.2) is 0 Å². The molecule has 6 heteroatoms. The van der Waals surface area contributed by atoms with Gasteiger partial charge in [-0.3, -0.25) is 29.3 Å². The van der Waals surface area contributed by atoms with E-state index in [0.717, 1.165) is 64.1 Å². The molecular weight excluding hydrogens is 316 g/mol. The van der Waals surface area contributed by atoms with Crippen LogP contribution in [0.25, 0.3) is 0 Å². The molecule has 2 amide bonds. The average Bonchev–Trinajstić information content (AvgIpc) is 2.89. The van der Waals surface area contributed by atoms with Crippen molar-refractivity contribution in [3.05, 3.63) is 30.1 Å². The predicted octanol–water partition coefficient (Wildman–Crippen LogP) is 1.33. The van der Waals surface area contributed by atoms with Crippen LogP contribution in [0, 0.1) is 11.8 Å². The summed E-state index contributed by atoms with van der Waals surface area (Å²) < 4.78 is 0. The number of nitrogens with zero attached hydrogens (tertiary/aromatic N) is 4. The van der Waals surface area contributed by atoms with E-state index < -0.39 is 0 Å². The Balaban J connectivity index is 1.30. The van der Waals surface area contributed by atoms with Gasteiger partial charge in [-0.15, -0.1) is 0 Å². The zero-order valence-corrected chi connectivity index (χ0v) is 14.6. The molecule has 0 N–H and O–H groups in total. The summed E-state index contributed by atoms with van der Waals surface area (Å²) in [7, 11) is 0. The molecule has 2 aliphatic heterocycles. The van der Waals surface area contributed by atoms with Crippen molar-refractivity contribution >= 4 is 11.8 Å².